The molecule has 3 aromatic rings. The Balaban J connectivity index is 1.80. The third kappa shape index (κ3) is 3.05. The Morgan fingerprint density at radius 1 is 1.35 bits per heavy atom. The predicted octanol–water partition coefficient (Wildman–Crippen LogP) is 2.31. The smallest absolute Gasteiger partial charge is 0.268 e. The molecule has 1 N–H and O–H groups in total. The summed E-state index contributed by atoms with van der Waals surface area (Å²) in [5.74, 6) is 0.661. The Kier molecular flexibility index (Phi) is 3.95. The molecule has 1 saturated carbocycles. The molecule has 0 saturated heterocycles. The number of carbonyl (C=O) groups excluding carboxylic acids is 1. The van der Waals surface area contributed by atoms with E-state index in [4.69, 9.17) is 8.94 Å². The lowest BCUT2D eigenvalue weighted by Crippen LogP contribution is -2.38. The maximum absolute atomic E-state index is 12.6. The van der Waals surface area contributed by atoms with Crippen molar-refractivity contribution in [2.45, 2.75) is 38.8 Å². The monoisotopic (exact) mass is 354 g/mol. The first kappa shape index (κ1) is 16.3. The Bertz CT molecular complexity index is 999. The normalized spacial score (nSPS) is 15.0. The third-order valence-electron chi connectivity index (χ3n) is 4.27. The molecule has 1 aliphatic carbocycles. The van der Waals surface area contributed by atoms with Crippen LogP contribution in [0.3, 0.4) is 0 Å². The molecule has 8 heteroatoms. The highest BCUT2D eigenvalue weighted by atomic mass is 16.5. The number of carbonyl (C=O) groups is 1. The minimum atomic E-state index is -0.734. The minimum Gasteiger partial charge on any atom is -0.463 e. The average molecular weight is 354 g/mol. The zero-order valence-corrected chi connectivity index (χ0v) is 14.4. The average Bonchev–Trinajstić information content (AvgIpc) is 3.10. The standard InChI is InChI=1S/C18H18N4O4/c1-10-8-15(26-21-10)13-9-16(23)22(11(2)18(24)19-12-5-6-12)20-17(13)14-4-3-7-25-14/h3-4,7-9,11-12H,5-6H2,1-2H3,(H,19,24). The first-order chi connectivity index (χ1) is 12.5. The van der Waals surface area contributed by atoms with E-state index in [1.165, 1.54) is 17.0 Å². The molecular weight excluding hydrogens is 336 g/mol. The Morgan fingerprint density at radius 3 is 2.77 bits per heavy atom. The molecule has 1 amide bonds. The van der Waals surface area contributed by atoms with Crippen molar-refractivity contribution in [1.29, 1.82) is 0 Å². The number of furan rings is 1. The largest absolute Gasteiger partial charge is 0.463 e. The number of aryl methyl sites for hydroxylation is 1. The van der Waals surface area contributed by atoms with Crippen LogP contribution in [0.1, 0.15) is 31.5 Å². The molecule has 0 aliphatic heterocycles. The van der Waals surface area contributed by atoms with Gasteiger partial charge in [0.25, 0.3) is 5.56 Å². The summed E-state index contributed by atoms with van der Waals surface area (Å²) in [5.41, 5.74) is 1.17. The van der Waals surface area contributed by atoms with Gasteiger partial charge in [-0.15, -0.1) is 0 Å². The van der Waals surface area contributed by atoms with Gasteiger partial charge in [-0.1, -0.05) is 5.16 Å². The predicted molar refractivity (Wildman–Crippen MR) is 92.3 cm³/mol. The van der Waals surface area contributed by atoms with E-state index in [9.17, 15) is 9.59 Å². The summed E-state index contributed by atoms with van der Waals surface area (Å²) < 4.78 is 11.9. The molecule has 0 bridgehead atoms. The van der Waals surface area contributed by atoms with Gasteiger partial charge in [0.15, 0.2) is 11.5 Å². The molecule has 26 heavy (non-hydrogen) atoms. The summed E-state index contributed by atoms with van der Waals surface area (Å²) in [4.78, 5) is 25.0. The highest BCUT2D eigenvalue weighted by Gasteiger charge is 2.28. The van der Waals surface area contributed by atoms with E-state index < -0.39 is 11.6 Å². The van der Waals surface area contributed by atoms with Gasteiger partial charge in [0.2, 0.25) is 5.91 Å². The second-order valence-corrected chi connectivity index (χ2v) is 6.46. The summed E-state index contributed by atoms with van der Waals surface area (Å²) in [6.45, 7) is 3.44. The summed E-state index contributed by atoms with van der Waals surface area (Å²) in [5, 5.41) is 11.2. The zero-order valence-electron chi connectivity index (χ0n) is 14.4. The van der Waals surface area contributed by atoms with Crippen LogP contribution in [-0.4, -0.2) is 26.9 Å². The lowest BCUT2D eigenvalue weighted by molar-refractivity contribution is -0.124. The van der Waals surface area contributed by atoms with Gasteiger partial charge >= 0.3 is 0 Å². The van der Waals surface area contributed by atoms with Crippen LogP contribution in [0.5, 0.6) is 0 Å². The van der Waals surface area contributed by atoms with E-state index in [-0.39, 0.29) is 11.9 Å². The second-order valence-electron chi connectivity index (χ2n) is 6.46. The van der Waals surface area contributed by atoms with Crippen LogP contribution >= 0.6 is 0 Å². The fourth-order valence-electron chi connectivity index (χ4n) is 2.68. The van der Waals surface area contributed by atoms with Crippen LogP contribution in [0.15, 0.2) is 44.3 Å². The van der Waals surface area contributed by atoms with Gasteiger partial charge in [0.1, 0.15) is 11.7 Å². The number of hydrogen-bond acceptors (Lipinski definition) is 6. The number of nitrogens with zero attached hydrogens (tertiary/aromatic N) is 3. The number of aromatic nitrogens is 3. The Labute approximate surface area is 148 Å². The number of hydrogen-bond donors (Lipinski definition) is 1. The fraction of sp³-hybridized carbons (Fsp3) is 0.333. The molecule has 3 heterocycles. The van der Waals surface area contributed by atoms with Crippen LogP contribution in [0.2, 0.25) is 0 Å². The van der Waals surface area contributed by atoms with Gasteiger partial charge < -0.3 is 14.3 Å². The molecule has 3 aromatic heterocycles. The van der Waals surface area contributed by atoms with E-state index in [2.05, 4.69) is 15.6 Å². The van der Waals surface area contributed by atoms with Crippen molar-refractivity contribution in [3.63, 3.8) is 0 Å². The zero-order chi connectivity index (χ0) is 18.3. The van der Waals surface area contributed by atoms with Gasteiger partial charge in [0, 0.05) is 18.2 Å². The highest BCUT2D eigenvalue weighted by molar-refractivity contribution is 5.81. The first-order valence-corrected chi connectivity index (χ1v) is 8.45. The van der Waals surface area contributed by atoms with Gasteiger partial charge in [-0.3, -0.25) is 9.59 Å². The molecule has 1 fully saturated rings. The number of amides is 1. The number of nitrogens with one attached hydrogen (secondary N) is 1. The van der Waals surface area contributed by atoms with E-state index in [0.29, 0.717) is 28.5 Å². The molecule has 1 atom stereocenters. The van der Waals surface area contributed by atoms with E-state index in [1.54, 1.807) is 32.0 Å². The summed E-state index contributed by atoms with van der Waals surface area (Å²) >= 11 is 0. The number of rotatable bonds is 5. The highest BCUT2D eigenvalue weighted by Crippen LogP contribution is 2.30. The van der Waals surface area contributed by atoms with Crippen molar-refractivity contribution in [2.75, 3.05) is 0 Å². The molecule has 4 rings (SSSR count). The molecule has 0 aromatic carbocycles. The Morgan fingerprint density at radius 2 is 2.15 bits per heavy atom. The quantitative estimate of drug-likeness (QED) is 0.754. The Hall–Kier alpha value is -3.16. The van der Waals surface area contributed by atoms with Crippen LogP contribution < -0.4 is 10.9 Å². The van der Waals surface area contributed by atoms with Gasteiger partial charge in [0.05, 0.1) is 17.5 Å². The molecule has 1 unspecified atom stereocenters. The first-order valence-electron chi connectivity index (χ1n) is 8.45. The third-order valence-corrected chi connectivity index (χ3v) is 4.27. The topological polar surface area (TPSA) is 103 Å². The molecule has 8 nitrogen and oxygen atoms in total. The summed E-state index contributed by atoms with van der Waals surface area (Å²) in [6, 6.07) is 6.05. The maximum atomic E-state index is 12.6. The van der Waals surface area contributed by atoms with Gasteiger partial charge in [-0.25, -0.2) is 4.68 Å². The molecule has 134 valence electrons. The van der Waals surface area contributed by atoms with Crippen molar-refractivity contribution in [3.05, 3.63) is 46.6 Å². The summed E-state index contributed by atoms with van der Waals surface area (Å²) in [7, 11) is 0. The SMILES string of the molecule is Cc1cc(-c2cc(=O)n(C(C)C(=O)NC3CC3)nc2-c2ccco2)on1. The minimum absolute atomic E-state index is 0.210. The van der Waals surface area contributed by atoms with Crippen LogP contribution in [0, 0.1) is 6.92 Å². The molecule has 0 radical (unpaired) electrons. The van der Waals surface area contributed by atoms with Crippen molar-refractivity contribution in [2.24, 2.45) is 0 Å². The van der Waals surface area contributed by atoms with E-state index in [0.717, 1.165) is 12.8 Å². The lowest BCUT2D eigenvalue weighted by Gasteiger charge is -2.15. The van der Waals surface area contributed by atoms with Crippen molar-refractivity contribution < 1.29 is 13.7 Å². The van der Waals surface area contributed by atoms with Crippen LogP contribution in [0.25, 0.3) is 22.8 Å². The van der Waals surface area contributed by atoms with Gasteiger partial charge in [-0.2, -0.15) is 5.10 Å². The summed E-state index contributed by atoms with van der Waals surface area (Å²) in [6.07, 6.45) is 3.47. The molecular formula is C18H18N4O4. The maximum Gasteiger partial charge on any atom is 0.268 e. The molecule has 1 aliphatic rings. The van der Waals surface area contributed by atoms with E-state index >= 15 is 0 Å². The van der Waals surface area contributed by atoms with Crippen LogP contribution in [-0.2, 0) is 4.79 Å². The van der Waals surface area contributed by atoms with Crippen LogP contribution in [0.4, 0.5) is 0 Å². The van der Waals surface area contributed by atoms with Crippen molar-refractivity contribution >= 4 is 5.91 Å². The lowest BCUT2D eigenvalue weighted by atomic mass is 10.1. The van der Waals surface area contributed by atoms with Gasteiger partial charge in [-0.05, 0) is 38.8 Å². The molecule has 0 spiro atoms. The second kappa shape index (κ2) is 6.29. The van der Waals surface area contributed by atoms with Crippen molar-refractivity contribution in [3.8, 4) is 22.8 Å². The van der Waals surface area contributed by atoms with Crippen molar-refractivity contribution in [1.82, 2.24) is 20.3 Å². The van der Waals surface area contributed by atoms with E-state index in [1.807, 2.05) is 0 Å². The fourth-order valence-corrected chi connectivity index (χ4v) is 2.68.